The molecule has 1 rings (SSSR count). The molecular weight excluding hydrogens is 205 g/mol. The summed E-state index contributed by atoms with van der Waals surface area (Å²) in [6.07, 6.45) is 0. The molecule has 1 aromatic rings. The van der Waals surface area contributed by atoms with Gasteiger partial charge in [-0.2, -0.15) is 9.38 Å². The van der Waals surface area contributed by atoms with Gasteiger partial charge in [-0.3, -0.25) is 4.79 Å². The summed E-state index contributed by atoms with van der Waals surface area (Å²) in [5, 5.41) is 0. The van der Waals surface area contributed by atoms with E-state index in [0.29, 0.717) is 0 Å². The Kier molecular flexibility index (Phi) is 2.65. The summed E-state index contributed by atoms with van der Waals surface area (Å²) in [4.78, 5) is 20.9. The number of rotatable bonds is 1. The summed E-state index contributed by atoms with van der Waals surface area (Å²) in [5.41, 5.74) is 19.7. The van der Waals surface area contributed by atoms with Gasteiger partial charge in [-0.1, -0.05) is 0 Å². The van der Waals surface area contributed by atoms with Crippen LogP contribution in [0, 0.1) is 5.95 Å². The number of hydrogen-bond acceptors (Lipinski definition) is 5. The van der Waals surface area contributed by atoms with Gasteiger partial charge in [-0.05, 0) is 0 Å². The van der Waals surface area contributed by atoms with Gasteiger partial charge in [-0.15, -0.1) is 0 Å². The van der Waals surface area contributed by atoms with Crippen LogP contribution < -0.4 is 22.9 Å². The monoisotopic (exact) mass is 213 g/mol. The van der Waals surface area contributed by atoms with Gasteiger partial charge in [0, 0.05) is 0 Å². The molecule has 8 nitrogen and oxygen atoms in total. The molecule has 0 radical (unpaired) electrons. The molecule has 1 amide bonds. The van der Waals surface area contributed by atoms with Crippen molar-refractivity contribution < 1.29 is 9.18 Å². The molecule has 0 saturated carbocycles. The van der Waals surface area contributed by atoms with Crippen LogP contribution in [0.1, 0.15) is 10.5 Å². The van der Waals surface area contributed by atoms with Gasteiger partial charge in [0.15, 0.2) is 23.3 Å². The van der Waals surface area contributed by atoms with Crippen molar-refractivity contribution in [1.82, 2.24) is 9.97 Å². The molecule has 0 fully saturated rings. The number of aromatic nitrogens is 2. The summed E-state index contributed by atoms with van der Waals surface area (Å²) in [5.74, 6) is -3.44. The highest BCUT2D eigenvalue weighted by Gasteiger charge is 2.16. The van der Waals surface area contributed by atoms with Gasteiger partial charge in [0.1, 0.15) is 0 Å². The second-order valence-corrected chi connectivity index (χ2v) is 2.48. The normalized spacial score (nSPS) is 9.67. The van der Waals surface area contributed by atoms with E-state index < -0.39 is 29.3 Å². The average Bonchev–Trinajstić information content (AvgIpc) is 2.09. The lowest BCUT2D eigenvalue weighted by Crippen LogP contribution is -2.25. The average molecular weight is 213 g/mol. The maximum absolute atomic E-state index is 12.8. The van der Waals surface area contributed by atoms with Crippen LogP contribution in [0.25, 0.3) is 0 Å². The first-order chi connectivity index (χ1) is 6.91. The zero-order valence-corrected chi connectivity index (χ0v) is 7.44. The van der Waals surface area contributed by atoms with Crippen molar-refractivity contribution in [3.8, 4) is 0 Å². The minimum absolute atomic E-state index is 0.344. The first kappa shape index (κ1) is 10.6. The van der Waals surface area contributed by atoms with E-state index in [1.807, 2.05) is 0 Å². The van der Waals surface area contributed by atoms with Gasteiger partial charge < -0.3 is 22.9 Å². The quantitative estimate of drug-likeness (QED) is 0.316. The summed E-state index contributed by atoms with van der Waals surface area (Å²) in [7, 11) is 0. The molecule has 0 bridgehead atoms. The predicted molar refractivity (Wildman–Crippen MR) is 51.0 cm³/mol. The molecule has 8 N–H and O–H groups in total. The third-order valence-corrected chi connectivity index (χ3v) is 1.34. The van der Waals surface area contributed by atoms with Crippen molar-refractivity contribution in [2.45, 2.75) is 0 Å². The van der Waals surface area contributed by atoms with Gasteiger partial charge in [-0.25, -0.2) is 9.97 Å². The van der Waals surface area contributed by atoms with Crippen LogP contribution in [0.3, 0.4) is 0 Å². The second kappa shape index (κ2) is 3.74. The number of halogens is 1. The van der Waals surface area contributed by atoms with Crippen LogP contribution in [-0.2, 0) is 0 Å². The Labute approximate surface area is 83.2 Å². The van der Waals surface area contributed by atoms with Crippen LogP contribution in [-0.4, -0.2) is 21.8 Å². The third kappa shape index (κ3) is 2.27. The van der Waals surface area contributed by atoms with Crippen LogP contribution in [0.4, 0.5) is 16.0 Å². The predicted octanol–water partition coefficient (Wildman–Crippen LogP) is -1.81. The van der Waals surface area contributed by atoms with Crippen molar-refractivity contribution in [2.24, 2.45) is 16.5 Å². The summed E-state index contributed by atoms with van der Waals surface area (Å²) in [6.45, 7) is 0. The fraction of sp³-hybridized carbons (Fsp3) is 0. The molecule has 0 aliphatic rings. The number of amides is 1. The molecular formula is C6H8FN7O. The van der Waals surface area contributed by atoms with Crippen LogP contribution in [0.2, 0.25) is 0 Å². The number of aliphatic imine (C=N–C) groups is 1. The Morgan fingerprint density at radius 2 is 1.80 bits per heavy atom. The molecule has 0 unspecified atom stereocenters. The first-order valence-electron chi connectivity index (χ1n) is 3.64. The lowest BCUT2D eigenvalue weighted by atomic mass is 10.4. The fourth-order valence-electron chi connectivity index (χ4n) is 0.769. The van der Waals surface area contributed by atoms with Gasteiger partial charge in [0.25, 0.3) is 5.95 Å². The molecule has 0 spiro atoms. The zero-order valence-electron chi connectivity index (χ0n) is 7.44. The summed E-state index contributed by atoms with van der Waals surface area (Å²) in [6, 6.07) is 0. The Morgan fingerprint density at radius 3 is 2.33 bits per heavy atom. The second-order valence-electron chi connectivity index (χ2n) is 2.48. The third-order valence-electron chi connectivity index (χ3n) is 1.34. The van der Waals surface area contributed by atoms with E-state index in [-0.39, 0.29) is 5.82 Å². The molecule has 0 aliphatic heterocycles. The highest BCUT2D eigenvalue weighted by Crippen LogP contribution is 2.12. The smallest absolute Gasteiger partial charge is 0.302 e. The fourth-order valence-corrected chi connectivity index (χ4v) is 0.769. The lowest BCUT2D eigenvalue weighted by Gasteiger charge is -2.01. The van der Waals surface area contributed by atoms with Crippen molar-refractivity contribution >= 4 is 23.5 Å². The summed E-state index contributed by atoms with van der Waals surface area (Å²) >= 11 is 0. The Morgan fingerprint density at radius 1 is 1.20 bits per heavy atom. The number of nitrogens with zero attached hydrogens (tertiary/aromatic N) is 3. The topological polar surface area (TPSA) is 159 Å². The van der Waals surface area contributed by atoms with E-state index in [2.05, 4.69) is 15.0 Å². The van der Waals surface area contributed by atoms with Crippen molar-refractivity contribution in [3.05, 3.63) is 11.6 Å². The van der Waals surface area contributed by atoms with Crippen LogP contribution in [0.15, 0.2) is 4.99 Å². The lowest BCUT2D eigenvalue weighted by molar-refractivity contribution is 0.0997. The van der Waals surface area contributed by atoms with Crippen molar-refractivity contribution in [3.63, 3.8) is 0 Å². The minimum Gasteiger partial charge on any atom is -0.382 e. The zero-order chi connectivity index (χ0) is 11.6. The van der Waals surface area contributed by atoms with E-state index >= 15 is 0 Å². The maximum Gasteiger partial charge on any atom is 0.302 e. The highest BCUT2D eigenvalue weighted by molar-refractivity contribution is 6.03. The molecule has 0 atom stereocenters. The van der Waals surface area contributed by atoms with E-state index in [0.717, 1.165) is 0 Å². The first-order valence-corrected chi connectivity index (χ1v) is 3.64. The van der Waals surface area contributed by atoms with E-state index in [1.54, 1.807) is 0 Å². The molecule has 80 valence electrons. The number of nitrogen functional groups attached to an aromatic ring is 2. The number of nitrogens with two attached hydrogens (primary N) is 4. The highest BCUT2D eigenvalue weighted by atomic mass is 19.1. The van der Waals surface area contributed by atoms with E-state index in [9.17, 15) is 9.18 Å². The van der Waals surface area contributed by atoms with E-state index in [4.69, 9.17) is 22.9 Å². The van der Waals surface area contributed by atoms with Gasteiger partial charge in [0.05, 0.1) is 0 Å². The molecule has 0 saturated heterocycles. The Hall–Kier alpha value is -2.45. The van der Waals surface area contributed by atoms with Crippen molar-refractivity contribution in [2.75, 3.05) is 11.5 Å². The van der Waals surface area contributed by atoms with Gasteiger partial charge in [0.2, 0.25) is 0 Å². The maximum atomic E-state index is 12.8. The van der Waals surface area contributed by atoms with Crippen molar-refractivity contribution in [1.29, 1.82) is 0 Å². The van der Waals surface area contributed by atoms with Crippen LogP contribution >= 0.6 is 0 Å². The van der Waals surface area contributed by atoms with E-state index in [1.165, 1.54) is 0 Å². The minimum atomic E-state index is -1.11. The standard InChI is InChI=1S/C6H8FN7O/c7-2-4(9)13-3(8)1(12-2)5(15)14-6(10)11/h(H4,8,9,13)(H4,10,11,14,15). The SMILES string of the molecule is NC(N)=NC(=O)c1nc(F)c(N)nc1N. The molecule has 0 aromatic carbocycles. The largest absolute Gasteiger partial charge is 0.382 e. The number of carbonyl (C=O) groups is 1. The molecule has 0 aliphatic carbocycles. The summed E-state index contributed by atoms with van der Waals surface area (Å²) < 4.78 is 12.8. The Bertz CT molecular complexity index is 439. The number of anilines is 2. The number of carbonyl (C=O) groups excluding carboxylic acids is 1. The molecule has 1 aromatic heterocycles. The molecule has 9 heteroatoms. The molecule has 1 heterocycles. The van der Waals surface area contributed by atoms with Crippen LogP contribution in [0.5, 0.6) is 0 Å². The Balaban J connectivity index is 3.21. The number of guanidine groups is 1. The van der Waals surface area contributed by atoms with Gasteiger partial charge >= 0.3 is 5.91 Å². The number of hydrogen-bond donors (Lipinski definition) is 4. The molecule has 15 heavy (non-hydrogen) atoms.